The fraction of sp³-hybridized carbons (Fsp3) is 0.632. The van der Waals surface area contributed by atoms with Gasteiger partial charge in [0.25, 0.3) is 5.91 Å². The zero-order chi connectivity index (χ0) is 19.4. The van der Waals surface area contributed by atoms with E-state index >= 15 is 0 Å². The summed E-state index contributed by atoms with van der Waals surface area (Å²) < 4.78 is 5.08. The number of hydrogen-bond acceptors (Lipinski definition) is 4. The van der Waals surface area contributed by atoms with Crippen molar-refractivity contribution >= 4 is 17.8 Å². The monoisotopic (exact) mass is 363 g/mol. The van der Waals surface area contributed by atoms with E-state index in [0.717, 1.165) is 12.8 Å². The van der Waals surface area contributed by atoms with Gasteiger partial charge >= 0.3 is 5.97 Å². The predicted molar refractivity (Wildman–Crippen MR) is 98.1 cm³/mol. The molecule has 2 N–H and O–H groups in total. The molecule has 2 rings (SSSR count). The molecule has 2 amide bonds. The summed E-state index contributed by atoms with van der Waals surface area (Å²) >= 11 is 0. The van der Waals surface area contributed by atoms with Crippen molar-refractivity contribution in [2.24, 2.45) is 5.92 Å². The summed E-state index contributed by atoms with van der Waals surface area (Å²) in [5.41, 5.74) is 2.09. The Hall–Kier alpha value is -2.31. The maximum Gasteiger partial charge on any atom is 0.340 e. The molecule has 7 heteroatoms. The first-order valence-corrected chi connectivity index (χ1v) is 9.22. The number of carbonyl (C=O) groups is 3. The van der Waals surface area contributed by atoms with Crippen LogP contribution < -0.4 is 5.32 Å². The SMILES string of the molecule is CCOC(=O)c1c(C)[nH]c(C(=O)N2CCCC(NC(=O)C(C)C)C2)c1C. The number of likely N-dealkylation sites (tertiary alicyclic amines) is 1. The van der Waals surface area contributed by atoms with E-state index in [1.54, 1.807) is 25.7 Å². The van der Waals surface area contributed by atoms with E-state index < -0.39 is 5.97 Å². The molecule has 1 aromatic rings. The minimum absolute atomic E-state index is 0.000736. The van der Waals surface area contributed by atoms with Crippen molar-refractivity contribution in [3.05, 3.63) is 22.5 Å². The van der Waals surface area contributed by atoms with Crippen LogP contribution in [0.2, 0.25) is 0 Å². The second-order valence-corrected chi connectivity index (χ2v) is 7.10. The number of amides is 2. The topological polar surface area (TPSA) is 91.5 Å². The van der Waals surface area contributed by atoms with E-state index in [0.29, 0.717) is 35.6 Å². The molecule has 144 valence electrons. The van der Waals surface area contributed by atoms with E-state index in [9.17, 15) is 14.4 Å². The molecule has 1 saturated heterocycles. The zero-order valence-electron chi connectivity index (χ0n) is 16.3. The first-order valence-electron chi connectivity index (χ1n) is 9.22. The summed E-state index contributed by atoms with van der Waals surface area (Å²) in [5.74, 6) is -0.648. The lowest BCUT2D eigenvalue weighted by atomic mass is 10.0. The molecule has 1 aliphatic heterocycles. The Morgan fingerprint density at radius 1 is 1.31 bits per heavy atom. The molecule has 1 atom stereocenters. The summed E-state index contributed by atoms with van der Waals surface area (Å²) in [6.07, 6.45) is 1.69. The second kappa shape index (κ2) is 8.38. The van der Waals surface area contributed by atoms with Crippen LogP contribution in [0.15, 0.2) is 0 Å². The summed E-state index contributed by atoms with van der Waals surface area (Å²) in [5, 5.41) is 3.00. The standard InChI is InChI=1S/C19H29N3O4/c1-6-26-19(25)15-12(4)16(20-13(15)5)18(24)22-9-7-8-14(10-22)21-17(23)11(2)3/h11,14,20H,6-10H2,1-5H3,(H,21,23). The van der Waals surface area contributed by atoms with Crippen LogP contribution in [0, 0.1) is 19.8 Å². The van der Waals surface area contributed by atoms with E-state index in [1.807, 2.05) is 13.8 Å². The van der Waals surface area contributed by atoms with E-state index in [2.05, 4.69) is 10.3 Å². The van der Waals surface area contributed by atoms with Crippen LogP contribution in [-0.4, -0.2) is 53.4 Å². The number of nitrogens with one attached hydrogen (secondary N) is 2. The van der Waals surface area contributed by atoms with Gasteiger partial charge in [0.1, 0.15) is 5.69 Å². The molecule has 1 fully saturated rings. The van der Waals surface area contributed by atoms with Crippen molar-refractivity contribution in [2.45, 2.75) is 53.5 Å². The van der Waals surface area contributed by atoms with Gasteiger partial charge in [-0.05, 0) is 39.2 Å². The minimum atomic E-state index is -0.418. The third-order valence-electron chi connectivity index (χ3n) is 4.71. The summed E-state index contributed by atoms with van der Waals surface area (Å²) in [6, 6.07) is -0.0384. The van der Waals surface area contributed by atoms with E-state index in [-0.39, 0.29) is 30.4 Å². The second-order valence-electron chi connectivity index (χ2n) is 7.10. The Bertz CT molecular complexity index is 693. The van der Waals surface area contributed by atoms with E-state index in [4.69, 9.17) is 4.74 Å². The van der Waals surface area contributed by atoms with Gasteiger partial charge in [0.15, 0.2) is 0 Å². The maximum absolute atomic E-state index is 13.0. The number of aryl methyl sites for hydroxylation is 1. The zero-order valence-corrected chi connectivity index (χ0v) is 16.3. The molecule has 1 aliphatic rings. The lowest BCUT2D eigenvalue weighted by molar-refractivity contribution is -0.125. The lowest BCUT2D eigenvalue weighted by Crippen LogP contribution is -2.50. The van der Waals surface area contributed by atoms with Gasteiger partial charge in [0, 0.05) is 30.7 Å². The van der Waals surface area contributed by atoms with Crippen molar-refractivity contribution in [3.63, 3.8) is 0 Å². The van der Waals surface area contributed by atoms with Crippen LogP contribution in [0.5, 0.6) is 0 Å². The third kappa shape index (κ3) is 4.26. The number of aromatic nitrogens is 1. The molecule has 26 heavy (non-hydrogen) atoms. The smallest absolute Gasteiger partial charge is 0.340 e. The Morgan fingerprint density at radius 2 is 2.00 bits per heavy atom. The van der Waals surface area contributed by atoms with Crippen LogP contribution in [0.4, 0.5) is 0 Å². The van der Waals surface area contributed by atoms with Crippen LogP contribution >= 0.6 is 0 Å². The Balaban J connectivity index is 2.14. The highest BCUT2D eigenvalue weighted by atomic mass is 16.5. The summed E-state index contributed by atoms with van der Waals surface area (Å²) in [7, 11) is 0. The van der Waals surface area contributed by atoms with Crippen LogP contribution in [0.3, 0.4) is 0 Å². The molecular weight excluding hydrogens is 334 g/mol. The van der Waals surface area contributed by atoms with Crippen molar-refractivity contribution < 1.29 is 19.1 Å². The van der Waals surface area contributed by atoms with Crippen molar-refractivity contribution in [3.8, 4) is 0 Å². The lowest BCUT2D eigenvalue weighted by Gasteiger charge is -2.33. The predicted octanol–water partition coefficient (Wildman–Crippen LogP) is 2.19. The fourth-order valence-corrected chi connectivity index (χ4v) is 3.28. The molecular formula is C19H29N3O4. The molecule has 2 heterocycles. The third-order valence-corrected chi connectivity index (χ3v) is 4.71. The number of H-pyrrole nitrogens is 1. The molecule has 0 radical (unpaired) electrons. The molecule has 0 saturated carbocycles. The average Bonchev–Trinajstić information content (AvgIpc) is 2.89. The highest BCUT2D eigenvalue weighted by Gasteiger charge is 2.30. The van der Waals surface area contributed by atoms with Crippen LogP contribution in [0.25, 0.3) is 0 Å². The molecule has 1 aromatic heterocycles. The number of aromatic amines is 1. The number of carbonyl (C=O) groups excluding carboxylic acids is 3. The number of piperidine rings is 1. The maximum atomic E-state index is 13.0. The molecule has 7 nitrogen and oxygen atoms in total. The van der Waals surface area contributed by atoms with Gasteiger partial charge in [-0.3, -0.25) is 9.59 Å². The number of ether oxygens (including phenoxy) is 1. The first kappa shape index (κ1) is 20.0. The molecule has 0 aromatic carbocycles. The Morgan fingerprint density at radius 3 is 2.62 bits per heavy atom. The Kier molecular flexibility index (Phi) is 6.45. The highest BCUT2D eigenvalue weighted by molar-refractivity contribution is 6.00. The number of hydrogen-bond donors (Lipinski definition) is 2. The quantitative estimate of drug-likeness (QED) is 0.785. The molecule has 0 bridgehead atoms. The molecule has 1 unspecified atom stereocenters. The summed E-state index contributed by atoms with van der Waals surface area (Å²) in [6.45, 7) is 10.4. The first-order chi connectivity index (χ1) is 12.3. The van der Waals surface area contributed by atoms with Crippen LogP contribution in [-0.2, 0) is 9.53 Å². The van der Waals surface area contributed by atoms with Gasteiger partial charge in [0.2, 0.25) is 5.91 Å². The number of nitrogens with zero attached hydrogens (tertiary/aromatic N) is 1. The highest BCUT2D eigenvalue weighted by Crippen LogP contribution is 2.22. The fourth-order valence-electron chi connectivity index (χ4n) is 3.28. The van der Waals surface area contributed by atoms with Gasteiger partial charge in [-0.1, -0.05) is 13.8 Å². The van der Waals surface area contributed by atoms with Crippen molar-refractivity contribution in [2.75, 3.05) is 19.7 Å². The van der Waals surface area contributed by atoms with Crippen molar-refractivity contribution in [1.82, 2.24) is 15.2 Å². The van der Waals surface area contributed by atoms with Gasteiger partial charge < -0.3 is 19.9 Å². The number of esters is 1. The minimum Gasteiger partial charge on any atom is -0.462 e. The normalized spacial score (nSPS) is 17.3. The van der Waals surface area contributed by atoms with Gasteiger partial charge in [-0.25, -0.2) is 4.79 Å². The largest absolute Gasteiger partial charge is 0.462 e. The molecule has 0 aliphatic carbocycles. The van der Waals surface area contributed by atoms with Gasteiger partial charge in [-0.2, -0.15) is 0 Å². The Labute approximate surface area is 154 Å². The average molecular weight is 363 g/mol. The molecule has 0 spiro atoms. The van der Waals surface area contributed by atoms with Crippen molar-refractivity contribution in [1.29, 1.82) is 0 Å². The van der Waals surface area contributed by atoms with E-state index in [1.165, 1.54) is 0 Å². The summed E-state index contributed by atoms with van der Waals surface area (Å²) in [4.78, 5) is 41.8. The van der Waals surface area contributed by atoms with Gasteiger partial charge in [0.05, 0.1) is 12.2 Å². The van der Waals surface area contributed by atoms with Crippen LogP contribution in [0.1, 0.15) is 65.7 Å². The number of rotatable bonds is 5. The van der Waals surface area contributed by atoms with Gasteiger partial charge in [-0.15, -0.1) is 0 Å².